The van der Waals surface area contributed by atoms with E-state index in [1.165, 1.54) is 0 Å². The van der Waals surface area contributed by atoms with Gasteiger partial charge in [0.2, 0.25) is 5.89 Å². The molecule has 116 valence electrons. The maximum atomic E-state index is 12.3. The van der Waals surface area contributed by atoms with Crippen molar-refractivity contribution in [1.82, 2.24) is 10.2 Å². The van der Waals surface area contributed by atoms with Crippen LogP contribution in [0.25, 0.3) is 11.5 Å². The molecule has 3 rings (SSSR count). The normalized spacial score (nSPS) is 10.6. The van der Waals surface area contributed by atoms with Crippen LogP contribution in [0.1, 0.15) is 27.4 Å². The molecule has 0 radical (unpaired) electrons. The van der Waals surface area contributed by atoms with Gasteiger partial charge in [-0.25, -0.2) is 0 Å². The van der Waals surface area contributed by atoms with E-state index in [0.29, 0.717) is 5.89 Å². The molecule has 0 atom stereocenters. The molecule has 0 saturated heterocycles. The molecule has 1 aromatic heterocycles. The van der Waals surface area contributed by atoms with E-state index < -0.39 is 5.91 Å². The van der Waals surface area contributed by atoms with Gasteiger partial charge in [0.25, 0.3) is 0 Å². The van der Waals surface area contributed by atoms with Crippen LogP contribution in [0.5, 0.6) is 0 Å². The van der Waals surface area contributed by atoms with Crippen molar-refractivity contribution in [3.8, 4) is 11.5 Å². The molecule has 0 bridgehead atoms. The number of amides is 1. The van der Waals surface area contributed by atoms with Gasteiger partial charge in [0.05, 0.1) is 0 Å². The van der Waals surface area contributed by atoms with Crippen molar-refractivity contribution >= 4 is 11.6 Å². The smallest absolute Gasteiger partial charge is 0.313 e. The Morgan fingerprint density at radius 3 is 2.39 bits per heavy atom. The Balaban J connectivity index is 1.81. The first-order valence-corrected chi connectivity index (χ1v) is 7.32. The van der Waals surface area contributed by atoms with Crippen LogP contribution in [0, 0.1) is 20.8 Å². The van der Waals surface area contributed by atoms with Crippen LogP contribution in [0.15, 0.2) is 46.9 Å². The van der Waals surface area contributed by atoms with Crippen LogP contribution < -0.4 is 5.32 Å². The zero-order chi connectivity index (χ0) is 16.4. The quantitative estimate of drug-likeness (QED) is 0.796. The van der Waals surface area contributed by atoms with E-state index in [-0.39, 0.29) is 5.89 Å². The second kappa shape index (κ2) is 6.04. The van der Waals surface area contributed by atoms with Crippen molar-refractivity contribution in [1.29, 1.82) is 0 Å². The molecule has 0 fully saturated rings. The third kappa shape index (κ3) is 3.29. The zero-order valence-corrected chi connectivity index (χ0v) is 13.3. The van der Waals surface area contributed by atoms with Crippen LogP contribution in [0.4, 0.5) is 5.69 Å². The molecule has 23 heavy (non-hydrogen) atoms. The van der Waals surface area contributed by atoms with Crippen molar-refractivity contribution < 1.29 is 9.21 Å². The van der Waals surface area contributed by atoms with Gasteiger partial charge in [-0.3, -0.25) is 4.79 Å². The van der Waals surface area contributed by atoms with Crippen LogP contribution in [0.2, 0.25) is 0 Å². The van der Waals surface area contributed by atoms with E-state index in [9.17, 15) is 4.79 Å². The average Bonchev–Trinajstić information content (AvgIpc) is 3.02. The van der Waals surface area contributed by atoms with Gasteiger partial charge >= 0.3 is 11.8 Å². The molecule has 0 saturated carbocycles. The predicted octanol–water partition coefficient (Wildman–Crippen LogP) is 3.91. The monoisotopic (exact) mass is 307 g/mol. The number of aromatic nitrogens is 2. The second-order valence-electron chi connectivity index (χ2n) is 5.55. The van der Waals surface area contributed by atoms with Gasteiger partial charge in [0.15, 0.2) is 0 Å². The number of anilines is 1. The fourth-order valence-corrected chi connectivity index (χ4v) is 2.17. The average molecular weight is 307 g/mol. The molecule has 0 spiro atoms. The first kappa shape index (κ1) is 15.0. The van der Waals surface area contributed by atoms with Crippen LogP contribution in [-0.2, 0) is 0 Å². The number of aryl methyl sites for hydroxylation is 3. The Kier molecular flexibility index (Phi) is 3.93. The van der Waals surface area contributed by atoms with Gasteiger partial charge in [-0.15, -0.1) is 10.2 Å². The lowest BCUT2D eigenvalue weighted by molar-refractivity contribution is 0.0990. The highest BCUT2D eigenvalue weighted by Crippen LogP contribution is 2.20. The standard InChI is InChI=1S/C18H17N3O2/c1-11-5-8-14(9-6-11)17-20-21-18(23-17)16(22)19-15-10-12(2)4-7-13(15)3/h4-10H,1-3H3,(H,19,22). The summed E-state index contributed by atoms with van der Waals surface area (Å²) in [5, 5.41) is 10.6. The first-order chi connectivity index (χ1) is 11.0. The Labute approximate surface area is 134 Å². The summed E-state index contributed by atoms with van der Waals surface area (Å²) >= 11 is 0. The molecule has 1 amide bonds. The largest absolute Gasteiger partial charge is 0.412 e. The van der Waals surface area contributed by atoms with Crippen molar-refractivity contribution in [2.45, 2.75) is 20.8 Å². The third-order valence-corrected chi connectivity index (χ3v) is 3.56. The predicted molar refractivity (Wildman–Crippen MR) is 88.3 cm³/mol. The summed E-state index contributed by atoms with van der Waals surface area (Å²) in [6.07, 6.45) is 0. The number of nitrogens with one attached hydrogen (secondary N) is 1. The van der Waals surface area contributed by atoms with Crippen LogP contribution in [-0.4, -0.2) is 16.1 Å². The minimum absolute atomic E-state index is 0.0542. The lowest BCUT2D eigenvalue weighted by Gasteiger charge is -2.07. The van der Waals surface area contributed by atoms with Crippen LogP contribution >= 0.6 is 0 Å². The molecular formula is C18H17N3O2. The van der Waals surface area contributed by atoms with Crippen LogP contribution in [0.3, 0.4) is 0 Å². The molecule has 2 aromatic carbocycles. The summed E-state index contributed by atoms with van der Waals surface area (Å²) < 4.78 is 5.48. The number of hydrogen-bond donors (Lipinski definition) is 1. The summed E-state index contributed by atoms with van der Waals surface area (Å²) in [5.74, 6) is -0.137. The zero-order valence-electron chi connectivity index (χ0n) is 13.3. The van der Waals surface area contributed by atoms with Gasteiger partial charge in [0.1, 0.15) is 0 Å². The topological polar surface area (TPSA) is 68.0 Å². The van der Waals surface area contributed by atoms with Gasteiger partial charge in [-0.2, -0.15) is 0 Å². The summed E-state index contributed by atoms with van der Waals surface area (Å²) in [7, 11) is 0. The van der Waals surface area contributed by atoms with E-state index in [0.717, 1.165) is 27.9 Å². The highest BCUT2D eigenvalue weighted by atomic mass is 16.4. The fraction of sp³-hybridized carbons (Fsp3) is 0.167. The minimum Gasteiger partial charge on any atom is -0.412 e. The molecule has 1 N–H and O–H groups in total. The minimum atomic E-state index is -0.412. The second-order valence-corrected chi connectivity index (χ2v) is 5.55. The van der Waals surface area contributed by atoms with Gasteiger partial charge in [0, 0.05) is 11.3 Å². The first-order valence-electron chi connectivity index (χ1n) is 7.32. The Morgan fingerprint density at radius 2 is 1.65 bits per heavy atom. The maximum absolute atomic E-state index is 12.3. The number of rotatable bonds is 3. The lowest BCUT2D eigenvalue weighted by Crippen LogP contribution is -2.13. The van der Waals surface area contributed by atoms with E-state index in [1.54, 1.807) is 0 Å². The summed E-state index contributed by atoms with van der Waals surface area (Å²) in [5.41, 5.74) is 4.71. The Bertz CT molecular complexity index is 851. The van der Waals surface area contributed by atoms with E-state index >= 15 is 0 Å². The molecule has 0 aliphatic rings. The SMILES string of the molecule is Cc1ccc(-c2nnc(C(=O)Nc3cc(C)ccc3C)o2)cc1. The molecule has 3 aromatic rings. The summed E-state index contributed by atoms with van der Waals surface area (Å²) in [6, 6.07) is 13.5. The molecular weight excluding hydrogens is 290 g/mol. The van der Waals surface area contributed by atoms with Crippen molar-refractivity contribution in [3.05, 3.63) is 65.0 Å². The van der Waals surface area contributed by atoms with Gasteiger partial charge < -0.3 is 9.73 Å². The lowest BCUT2D eigenvalue weighted by atomic mass is 10.1. The summed E-state index contributed by atoms with van der Waals surface area (Å²) in [4.78, 5) is 12.3. The Morgan fingerprint density at radius 1 is 0.957 bits per heavy atom. The van der Waals surface area contributed by atoms with E-state index in [2.05, 4.69) is 15.5 Å². The Hall–Kier alpha value is -2.95. The van der Waals surface area contributed by atoms with Crippen molar-refractivity contribution in [3.63, 3.8) is 0 Å². The van der Waals surface area contributed by atoms with E-state index in [4.69, 9.17) is 4.42 Å². The summed E-state index contributed by atoms with van der Waals surface area (Å²) in [6.45, 7) is 5.90. The number of nitrogens with zero attached hydrogens (tertiary/aromatic N) is 2. The van der Waals surface area contributed by atoms with Crippen molar-refractivity contribution in [2.24, 2.45) is 0 Å². The molecule has 0 aliphatic carbocycles. The van der Waals surface area contributed by atoms with Crippen molar-refractivity contribution in [2.75, 3.05) is 5.32 Å². The molecule has 0 unspecified atom stereocenters. The number of carbonyl (C=O) groups excluding carboxylic acids is 1. The molecule has 5 nitrogen and oxygen atoms in total. The highest BCUT2D eigenvalue weighted by Gasteiger charge is 2.16. The number of benzene rings is 2. The van der Waals surface area contributed by atoms with Gasteiger partial charge in [-0.05, 0) is 50.1 Å². The molecule has 5 heteroatoms. The fourth-order valence-electron chi connectivity index (χ4n) is 2.17. The highest BCUT2D eigenvalue weighted by molar-refractivity contribution is 6.01. The molecule has 1 heterocycles. The molecule has 0 aliphatic heterocycles. The van der Waals surface area contributed by atoms with Gasteiger partial charge in [-0.1, -0.05) is 29.8 Å². The number of carbonyl (C=O) groups is 1. The van der Waals surface area contributed by atoms with E-state index in [1.807, 2.05) is 63.2 Å². The maximum Gasteiger partial charge on any atom is 0.313 e. The third-order valence-electron chi connectivity index (χ3n) is 3.56. The number of hydrogen-bond acceptors (Lipinski definition) is 4.